The molecule has 8 nitrogen and oxygen atoms in total. The fourth-order valence-electron chi connectivity index (χ4n) is 3.20. The third-order valence-electron chi connectivity index (χ3n) is 5.02. The molecule has 3 aromatic rings. The summed E-state index contributed by atoms with van der Waals surface area (Å²) in [6.45, 7) is 0.517. The van der Waals surface area contributed by atoms with Crippen molar-refractivity contribution in [3.63, 3.8) is 0 Å². The van der Waals surface area contributed by atoms with Crippen molar-refractivity contribution in [2.24, 2.45) is 0 Å². The van der Waals surface area contributed by atoms with Gasteiger partial charge in [-0.15, -0.1) is 0 Å². The van der Waals surface area contributed by atoms with E-state index >= 15 is 0 Å². The number of ether oxygens (including phenoxy) is 5. The molecule has 1 unspecified atom stereocenters. The summed E-state index contributed by atoms with van der Waals surface area (Å²) >= 11 is 5.90. The van der Waals surface area contributed by atoms with Crippen LogP contribution in [0.5, 0.6) is 28.7 Å². The molecule has 0 spiro atoms. The van der Waals surface area contributed by atoms with Gasteiger partial charge in [-0.25, -0.2) is 0 Å². The molecule has 0 saturated heterocycles. The highest BCUT2D eigenvalue weighted by atomic mass is 35.5. The van der Waals surface area contributed by atoms with E-state index < -0.39 is 6.10 Å². The molecule has 1 atom stereocenters. The van der Waals surface area contributed by atoms with Crippen LogP contribution in [0.4, 0.5) is 0 Å². The van der Waals surface area contributed by atoms with Gasteiger partial charge < -0.3 is 34.1 Å². The zero-order chi connectivity index (χ0) is 23.9. The van der Waals surface area contributed by atoms with Crippen LogP contribution in [-0.4, -0.2) is 44.2 Å². The fraction of sp³-hybridized carbons (Fsp3) is 0.240. The predicted octanol–water partition coefficient (Wildman–Crippen LogP) is 3.83. The van der Waals surface area contributed by atoms with Crippen molar-refractivity contribution in [1.82, 2.24) is 5.32 Å². The smallest absolute Gasteiger partial charge is 0.251 e. The van der Waals surface area contributed by atoms with Gasteiger partial charge in [0.05, 0.1) is 7.11 Å². The minimum absolute atomic E-state index is 0.000715. The molecule has 178 valence electrons. The number of nitrogens with one attached hydrogen (secondary N) is 1. The number of carbonyl (C=O) groups excluding carboxylic acids is 1. The molecule has 9 heteroatoms. The van der Waals surface area contributed by atoms with E-state index in [2.05, 4.69) is 5.32 Å². The summed E-state index contributed by atoms with van der Waals surface area (Å²) in [6, 6.07) is 17.4. The average Bonchev–Trinajstić information content (AvgIpc) is 3.33. The molecule has 1 aliphatic rings. The van der Waals surface area contributed by atoms with E-state index in [1.54, 1.807) is 48.5 Å². The van der Waals surface area contributed by atoms with Crippen LogP contribution in [0.1, 0.15) is 15.9 Å². The van der Waals surface area contributed by atoms with Crippen molar-refractivity contribution in [3.8, 4) is 28.7 Å². The average molecular weight is 486 g/mol. The maximum atomic E-state index is 12.5. The first kappa shape index (κ1) is 23.5. The van der Waals surface area contributed by atoms with Crippen molar-refractivity contribution in [3.05, 3.63) is 76.8 Å². The molecular weight excluding hydrogens is 462 g/mol. The Morgan fingerprint density at radius 3 is 2.62 bits per heavy atom. The molecule has 3 aromatic carbocycles. The molecule has 0 saturated carbocycles. The van der Waals surface area contributed by atoms with E-state index in [0.717, 1.165) is 5.56 Å². The van der Waals surface area contributed by atoms with Gasteiger partial charge in [-0.2, -0.15) is 0 Å². The molecule has 34 heavy (non-hydrogen) atoms. The summed E-state index contributed by atoms with van der Waals surface area (Å²) in [6.07, 6.45) is -0.904. The van der Waals surface area contributed by atoms with E-state index in [1.807, 2.05) is 12.1 Å². The van der Waals surface area contributed by atoms with Crippen LogP contribution >= 0.6 is 11.6 Å². The standard InChI is InChI=1S/C25H24ClNO7/c1-30-23-10-17(4-8-21(23)32-13-16-2-5-18(26)6-3-16)25(29)27-12-19(28)14-31-20-7-9-22-24(11-20)34-15-33-22/h2-11,19,28H,12-15H2,1H3,(H,27,29). The maximum Gasteiger partial charge on any atom is 0.251 e. The maximum absolute atomic E-state index is 12.5. The number of hydrogen-bond acceptors (Lipinski definition) is 7. The first-order chi connectivity index (χ1) is 16.5. The molecule has 0 bridgehead atoms. The normalized spacial score (nSPS) is 12.7. The summed E-state index contributed by atoms with van der Waals surface area (Å²) in [5, 5.41) is 13.5. The second-order valence-electron chi connectivity index (χ2n) is 7.47. The van der Waals surface area contributed by atoms with Crippen LogP contribution in [0.2, 0.25) is 5.02 Å². The lowest BCUT2D eigenvalue weighted by molar-refractivity contribution is 0.0843. The molecule has 4 rings (SSSR count). The Kier molecular flexibility index (Phi) is 7.61. The first-order valence-corrected chi connectivity index (χ1v) is 10.9. The molecule has 0 aromatic heterocycles. The van der Waals surface area contributed by atoms with Gasteiger partial charge in [0.15, 0.2) is 23.0 Å². The third kappa shape index (κ3) is 6.03. The van der Waals surface area contributed by atoms with Gasteiger partial charge in [0, 0.05) is 23.2 Å². The number of methoxy groups -OCH3 is 1. The Morgan fingerprint density at radius 2 is 1.82 bits per heavy atom. The zero-order valence-corrected chi connectivity index (χ0v) is 19.2. The topological polar surface area (TPSA) is 95.5 Å². The van der Waals surface area contributed by atoms with E-state index in [4.69, 9.17) is 35.3 Å². The van der Waals surface area contributed by atoms with Gasteiger partial charge in [-0.1, -0.05) is 23.7 Å². The summed E-state index contributed by atoms with van der Waals surface area (Å²) in [5.41, 5.74) is 1.32. The molecule has 0 fully saturated rings. The molecule has 1 aliphatic heterocycles. The Balaban J connectivity index is 1.26. The van der Waals surface area contributed by atoms with Crippen molar-refractivity contribution in [1.29, 1.82) is 0 Å². The highest BCUT2D eigenvalue weighted by Gasteiger charge is 2.16. The largest absolute Gasteiger partial charge is 0.493 e. The number of aliphatic hydroxyl groups is 1. The quantitative estimate of drug-likeness (QED) is 0.450. The van der Waals surface area contributed by atoms with Crippen LogP contribution in [-0.2, 0) is 6.61 Å². The predicted molar refractivity (Wildman–Crippen MR) is 125 cm³/mol. The SMILES string of the molecule is COc1cc(C(=O)NCC(O)COc2ccc3c(c2)OCO3)ccc1OCc1ccc(Cl)cc1. The number of halogens is 1. The van der Waals surface area contributed by atoms with Gasteiger partial charge in [0.25, 0.3) is 5.91 Å². The lowest BCUT2D eigenvalue weighted by Crippen LogP contribution is -2.35. The minimum Gasteiger partial charge on any atom is -0.493 e. The minimum atomic E-state index is -0.904. The van der Waals surface area contributed by atoms with Crippen LogP contribution in [0.3, 0.4) is 0 Å². The van der Waals surface area contributed by atoms with Gasteiger partial charge >= 0.3 is 0 Å². The van der Waals surface area contributed by atoms with Crippen molar-refractivity contribution < 1.29 is 33.6 Å². The third-order valence-corrected chi connectivity index (χ3v) is 5.27. The van der Waals surface area contributed by atoms with Crippen molar-refractivity contribution in [2.45, 2.75) is 12.7 Å². The summed E-state index contributed by atoms with van der Waals surface area (Å²) in [7, 11) is 1.50. The second kappa shape index (κ2) is 11.0. The number of fused-ring (bicyclic) bond motifs is 1. The lowest BCUT2D eigenvalue weighted by Gasteiger charge is -2.15. The number of rotatable bonds is 10. The highest BCUT2D eigenvalue weighted by molar-refractivity contribution is 6.30. The Hall–Kier alpha value is -3.62. The Morgan fingerprint density at radius 1 is 1.03 bits per heavy atom. The van der Waals surface area contributed by atoms with Gasteiger partial charge in [0.1, 0.15) is 25.1 Å². The molecule has 0 radical (unpaired) electrons. The van der Waals surface area contributed by atoms with Gasteiger partial charge in [-0.05, 0) is 48.0 Å². The number of aliphatic hydroxyl groups excluding tert-OH is 1. The molecular formula is C25H24ClNO7. The van der Waals surface area contributed by atoms with Crippen LogP contribution in [0.15, 0.2) is 60.7 Å². The van der Waals surface area contributed by atoms with Crippen LogP contribution in [0.25, 0.3) is 0 Å². The number of hydrogen-bond donors (Lipinski definition) is 2. The summed E-state index contributed by atoms with van der Waals surface area (Å²) in [5.74, 6) is 2.35. The first-order valence-electron chi connectivity index (χ1n) is 10.6. The van der Waals surface area contributed by atoms with Gasteiger partial charge in [-0.3, -0.25) is 4.79 Å². The highest BCUT2D eigenvalue weighted by Crippen LogP contribution is 2.35. The summed E-state index contributed by atoms with van der Waals surface area (Å²) in [4.78, 5) is 12.5. The Bertz CT molecular complexity index is 1140. The Labute approximate surface area is 201 Å². The fourth-order valence-corrected chi connectivity index (χ4v) is 3.33. The van der Waals surface area contributed by atoms with E-state index in [1.165, 1.54) is 7.11 Å². The summed E-state index contributed by atoms with van der Waals surface area (Å²) < 4.78 is 27.3. The second-order valence-corrected chi connectivity index (χ2v) is 7.91. The van der Waals surface area contributed by atoms with Crippen molar-refractivity contribution in [2.75, 3.05) is 27.1 Å². The number of carbonyl (C=O) groups is 1. The number of benzene rings is 3. The van der Waals surface area contributed by atoms with Crippen molar-refractivity contribution >= 4 is 17.5 Å². The lowest BCUT2D eigenvalue weighted by atomic mass is 10.2. The van der Waals surface area contributed by atoms with E-state index in [0.29, 0.717) is 45.9 Å². The van der Waals surface area contributed by atoms with Crippen LogP contribution in [0, 0.1) is 0 Å². The molecule has 0 aliphatic carbocycles. The monoisotopic (exact) mass is 485 g/mol. The molecule has 1 heterocycles. The number of amides is 1. The zero-order valence-electron chi connectivity index (χ0n) is 18.5. The van der Waals surface area contributed by atoms with E-state index in [-0.39, 0.29) is 25.9 Å². The molecule has 2 N–H and O–H groups in total. The van der Waals surface area contributed by atoms with Crippen LogP contribution < -0.4 is 29.0 Å². The van der Waals surface area contributed by atoms with Gasteiger partial charge in [0.2, 0.25) is 6.79 Å². The molecule has 1 amide bonds. The van der Waals surface area contributed by atoms with E-state index in [9.17, 15) is 9.90 Å².